The van der Waals surface area contributed by atoms with Crippen LogP contribution in [0.2, 0.25) is 0 Å². The highest BCUT2D eigenvalue weighted by Crippen LogP contribution is 2.43. The van der Waals surface area contributed by atoms with Crippen LogP contribution in [0.1, 0.15) is 43.7 Å². The van der Waals surface area contributed by atoms with Gasteiger partial charge in [-0.25, -0.2) is 0 Å². The number of ether oxygens (including phenoxy) is 2. The summed E-state index contributed by atoms with van der Waals surface area (Å²) in [5.41, 5.74) is 2.03. The summed E-state index contributed by atoms with van der Waals surface area (Å²) in [5.74, 6) is -0.883. The predicted octanol–water partition coefficient (Wildman–Crippen LogP) is 5.09. The summed E-state index contributed by atoms with van der Waals surface area (Å²) in [5, 5.41) is 10.1. The van der Waals surface area contributed by atoms with E-state index in [4.69, 9.17) is 9.47 Å². The molecule has 0 aromatic heterocycles. The van der Waals surface area contributed by atoms with Gasteiger partial charge < -0.3 is 14.6 Å². The highest BCUT2D eigenvalue weighted by Gasteiger charge is 2.44. The van der Waals surface area contributed by atoms with Gasteiger partial charge in [0.15, 0.2) is 0 Å². The SMILES string of the molecule is CC(C)O[C@H]1C[C@@H](CO)[C@H](C(=O)OCc2ccccc2)[C@@H](c2ccc(Br)cc2)C1. The fourth-order valence-electron chi connectivity index (χ4n) is 4.26. The molecule has 2 aromatic rings. The zero-order valence-electron chi connectivity index (χ0n) is 17.0. The number of aliphatic hydroxyl groups excluding tert-OH is 1. The van der Waals surface area contributed by atoms with Gasteiger partial charge in [0.1, 0.15) is 6.61 Å². The summed E-state index contributed by atoms with van der Waals surface area (Å²) in [4.78, 5) is 13.1. The highest BCUT2D eigenvalue weighted by atomic mass is 79.9. The van der Waals surface area contributed by atoms with Crippen molar-refractivity contribution in [3.63, 3.8) is 0 Å². The number of halogens is 1. The third kappa shape index (κ3) is 5.91. The average molecular weight is 461 g/mol. The smallest absolute Gasteiger partial charge is 0.310 e. The Kier molecular flexibility index (Phi) is 7.87. The summed E-state index contributed by atoms with van der Waals surface area (Å²) >= 11 is 3.48. The summed E-state index contributed by atoms with van der Waals surface area (Å²) in [6, 6.07) is 17.7. The minimum atomic E-state index is -0.392. The number of benzene rings is 2. The fourth-order valence-corrected chi connectivity index (χ4v) is 4.52. The number of carbonyl (C=O) groups excluding carboxylic acids is 1. The van der Waals surface area contributed by atoms with Crippen molar-refractivity contribution in [2.24, 2.45) is 11.8 Å². The van der Waals surface area contributed by atoms with E-state index in [1.165, 1.54) is 0 Å². The molecule has 1 saturated carbocycles. The summed E-state index contributed by atoms with van der Waals surface area (Å²) < 4.78 is 12.8. The molecule has 0 radical (unpaired) electrons. The van der Waals surface area contributed by atoms with E-state index in [2.05, 4.69) is 15.9 Å². The lowest BCUT2D eigenvalue weighted by Crippen LogP contribution is -2.42. The Morgan fingerprint density at radius 2 is 1.79 bits per heavy atom. The number of carbonyl (C=O) groups is 1. The first-order valence-electron chi connectivity index (χ1n) is 10.2. The highest BCUT2D eigenvalue weighted by molar-refractivity contribution is 9.10. The Bertz CT molecular complexity index is 775. The van der Waals surface area contributed by atoms with Crippen molar-refractivity contribution in [3.05, 3.63) is 70.2 Å². The maximum atomic E-state index is 13.1. The van der Waals surface area contributed by atoms with E-state index in [0.717, 1.165) is 22.0 Å². The Morgan fingerprint density at radius 3 is 2.41 bits per heavy atom. The van der Waals surface area contributed by atoms with Crippen LogP contribution in [-0.2, 0) is 20.9 Å². The molecule has 156 valence electrons. The molecular formula is C24H29BrO4. The maximum Gasteiger partial charge on any atom is 0.310 e. The van der Waals surface area contributed by atoms with Crippen LogP contribution in [0.25, 0.3) is 0 Å². The molecule has 29 heavy (non-hydrogen) atoms. The van der Waals surface area contributed by atoms with E-state index < -0.39 is 5.92 Å². The fraction of sp³-hybridized carbons (Fsp3) is 0.458. The van der Waals surface area contributed by atoms with E-state index >= 15 is 0 Å². The van der Waals surface area contributed by atoms with Crippen LogP contribution >= 0.6 is 15.9 Å². The van der Waals surface area contributed by atoms with Gasteiger partial charge in [-0.15, -0.1) is 0 Å². The van der Waals surface area contributed by atoms with Gasteiger partial charge in [0.2, 0.25) is 0 Å². The largest absolute Gasteiger partial charge is 0.461 e. The summed E-state index contributed by atoms with van der Waals surface area (Å²) in [7, 11) is 0. The topological polar surface area (TPSA) is 55.8 Å². The minimum absolute atomic E-state index is 0.0129. The molecule has 1 aliphatic rings. The number of hydrogen-bond donors (Lipinski definition) is 1. The second-order valence-electron chi connectivity index (χ2n) is 8.00. The quantitative estimate of drug-likeness (QED) is 0.584. The summed E-state index contributed by atoms with van der Waals surface area (Å²) in [6.07, 6.45) is 1.51. The van der Waals surface area contributed by atoms with Crippen LogP contribution in [0.15, 0.2) is 59.1 Å². The van der Waals surface area contributed by atoms with Crippen LogP contribution in [0.4, 0.5) is 0 Å². The molecule has 3 rings (SSSR count). The van der Waals surface area contributed by atoms with Crippen molar-refractivity contribution in [1.29, 1.82) is 0 Å². The van der Waals surface area contributed by atoms with Crippen molar-refractivity contribution >= 4 is 21.9 Å². The second-order valence-corrected chi connectivity index (χ2v) is 8.91. The molecule has 1 aliphatic carbocycles. The van der Waals surface area contributed by atoms with Gasteiger partial charge in [-0.1, -0.05) is 58.4 Å². The molecule has 0 spiro atoms. The molecule has 5 heteroatoms. The normalized spacial score (nSPS) is 24.4. The van der Waals surface area contributed by atoms with Gasteiger partial charge in [-0.2, -0.15) is 0 Å². The first kappa shape index (κ1) is 22.0. The molecule has 1 fully saturated rings. The van der Waals surface area contributed by atoms with Crippen molar-refractivity contribution in [3.8, 4) is 0 Å². The van der Waals surface area contributed by atoms with Gasteiger partial charge in [0.05, 0.1) is 18.1 Å². The van der Waals surface area contributed by atoms with Crippen molar-refractivity contribution < 1.29 is 19.4 Å². The third-order valence-electron chi connectivity index (χ3n) is 5.52. The molecule has 2 aromatic carbocycles. The van der Waals surface area contributed by atoms with Crippen LogP contribution in [0.5, 0.6) is 0 Å². The first-order chi connectivity index (χ1) is 14.0. The van der Waals surface area contributed by atoms with E-state index in [9.17, 15) is 9.90 Å². The molecule has 0 aliphatic heterocycles. The Hall–Kier alpha value is -1.69. The zero-order valence-corrected chi connectivity index (χ0v) is 18.5. The van der Waals surface area contributed by atoms with Crippen LogP contribution in [-0.4, -0.2) is 29.9 Å². The lowest BCUT2D eigenvalue weighted by atomic mass is 9.68. The number of hydrogen-bond acceptors (Lipinski definition) is 4. The first-order valence-corrected chi connectivity index (χ1v) is 11.0. The summed E-state index contributed by atoms with van der Waals surface area (Å²) in [6.45, 7) is 4.22. The number of rotatable bonds is 7. The molecule has 0 amide bonds. The molecule has 4 nitrogen and oxygen atoms in total. The molecule has 0 unspecified atom stereocenters. The van der Waals surface area contributed by atoms with E-state index in [0.29, 0.717) is 6.42 Å². The monoisotopic (exact) mass is 460 g/mol. The number of aliphatic hydroxyl groups is 1. The Morgan fingerprint density at radius 1 is 1.10 bits per heavy atom. The van der Waals surface area contributed by atoms with E-state index in [-0.39, 0.29) is 43.2 Å². The molecule has 1 N–H and O–H groups in total. The minimum Gasteiger partial charge on any atom is -0.461 e. The van der Waals surface area contributed by atoms with E-state index in [1.807, 2.05) is 68.4 Å². The average Bonchev–Trinajstić information content (AvgIpc) is 2.72. The Labute approximate surface area is 181 Å². The van der Waals surface area contributed by atoms with Gasteiger partial charge in [0.25, 0.3) is 0 Å². The lowest BCUT2D eigenvalue weighted by Gasteiger charge is -2.40. The molecule has 4 atom stereocenters. The molecule has 0 bridgehead atoms. The van der Waals surface area contributed by atoms with Gasteiger partial charge in [-0.05, 0) is 61.8 Å². The number of esters is 1. The van der Waals surface area contributed by atoms with Crippen LogP contribution in [0.3, 0.4) is 0 Å². The maximum absolute atomic E-state index is 13.1. The molecular weight excluding hydrogens is 432 g/mol. The van der Waals surface area contributed by atoms with Gasteiger partial charge in [0, 0.05) is 11.1 Å². The third-order valence-corrected chi connectivity index (χ3v) is 6.05. The van der Waals surface area contributed by atoms with Crippen molar-refractivity contribution in [1.82, 2.24) is 0 Å². The lowest BCUT2D eigenvalue weighted by molar-refractivity contribution is -0.158. The molecule has 0 saturated heterocycles. The molecule has 0 heterocycles. The standard InChI is InChI=1S/C24H29BrO4/c1-16(2)29-21-12-19(14-26)23(22(13-21)18-8-10-20(25)11-9-18)24(27)28-15-17-6-4-3-5-7-17/h3-11,16,19,21-23,26H,12-15H2,1-2H3/t19-,21-,22+,23-/m0/s1. The predicted molar refractivity (Wildman–Crippen MR) is 116 cm³/mol. The van der Waals surface area contributed by atoms with Gasteiger partial charge >= 0.3 is 5.97 Å². The second kappa shape index (κ2) is 10.4. The van der Waals surface area contributed by atoms with Crippen LogP contribution in [0, 0.1) is 11.8 Å². The Balaban J connectivity index is 1.83. The van der Waals surface area contributed by atoms with Crippen LogP contribution < -0.4 is 0 Å². The zero-order chi connectivity index (χ0) is 20.8. The van der Waals surface area contributed by atoms with Crippen molar-refractivity contribution in [2.75, 3.05) is 6.61 Å². The van der Waals surface area contributed by atoms with Crippen molar-refractivity contribution in [2.45, 2.75) is 51.4 Å². The van der Waals surface area contributed by atoms with E-state index in [1.54, 1.807) is 0 Å². The van der Waals surface area contributed by atoms with Gasteiger partial charge in [-0.3, -0.25) is 4.79 Å².